The molecule has 0 aliphatic rings. The highest BCUT2D eigenvalue weighted by molar-refractivity contribution is 6.29. The second kappa shape index (κ2) is 5.87. The van der Waals surface area contributed by atoms with Gasteiger partial charge in [0.15, 0.2) is 0 Å². The molecule has 21 heavy (non-hydrogen) atoms. The van der Waals surface area contributed by atoms with Crippen LogP contribution in [0.3, 0.4) is 0 Å². The van der Waals surface area contributed by atoms with Crippen LogP contribution in [0.2, 0.25) is 5.15 Å². The van der Waals surface area contributed by atoms with Crippen molar-refractivity contribution in [3.8, 4) is 23.8 Å². The van der Waals surface area contributed by atoms with Crippen LogP contribution in [-0.2, 0) is 0 Å². The van der Waals surface area contributed by atoms with Crippen molar-refractivity contribution in [3.63, 3.8) is 0 Å². The lowest BCUT2D eigenvalue weighted by Crippen LogP contribution is -1.96. The van der Waals surface area contributed by atoms with E-state index in [0.29, 0.717) is 0 Å². The minimum Gasteiger partial charge on any atom is -0.432 e. The number of ether oxygens (including phenoxy) is 1. The van der Waals surface area contributed by atoms with E-state index in [0.717, 1.165) is 6.07 Å². The zero-order valence-electron chi connectivity index (χ0n) is 10.3. The van der Waals surface area contributed by atoms with Gasteiger partial charge >= 0.3 is 5.69 Å². The van der Waals surface area contributed by atoms with Crippen LogP contribution in [0, 0.1) is 32.8 Å². The van der Waals surface area contributed by atoms with E-state index in [4.69, 9.17) is 26.9 Å². The van der Waals surface area contributed by atoms with Crippen molar-refractivity contribution in [2.45, 2.75) is 0 Å². The number of hydrogen-bond donors (Lipinski definition) is 0. The summed E-state index contributed by atoms with van der Waals surface area (Å²) < 4.78 is 5.30. The number of benzene rings is 1. The van der Waals surface area contributed by atoms with Crippen molar-refractivity contribution in [2.24, 2.45) is 0 Å². The van der Waals surface area contributed by atoms with Crippen LogP contribution in [0.25, 0.3) is 0 Å². The summed E-state index contributed by atoms with van der Waals surface area (Å²) in [5.74, 6) is -0.149. The third kappa shape index (κ3) is 3.24. The molecule has 0 amide bonds. The average Bonchev–Trinajstić information content (AvgIpc) is 2.46. The summed E-state index contributed by atoms with van der Waals surface area (Å²) in [6.45, 7) is 0. The lowest BCUT2D eigenvalue weighted by atomic mass is 10.2. The van der Waals surface area contributed by atoms with Gasteiger partial charge in [-0.1, -0.05) is 11.6 Å². The molecule has 0 bridgehead atoms. The van der Waals surface area contributed by atoms with Gasteiger partial charge in [0.25, 0.3) is 0 Å². The van der Waals surface area contributed by atoms with Crippen LogP contribution in [0.5, 0.6) is 11.6 Å². The Labute approximate surface area is 123 Å². The summed E-state index contributed by atoms with van der Waals surface area (Å²) >= 11 is 5.73. The molecule has 0 saturated heterocycles. The Morgan fingerprint density at radius 1 is 1.19 bits per heavy atom. The molecule has 0 fully saturated rings. The second-order valence-electron chi connectivity index (χ2n) is 3.78. The summed E-state index contributed by atoms with van der Waals surface area (Å²) in [6.07, 6.45) is 0. The number of halogens is 1. The molecule has 2 rings (SSSR count). The highest BCUT2D eigenvalue weighted by atomic mass is 35.5. The van der Waals surface area contributed by atoms with Gasteiger partial charge < -0.3 is 4.74 Å². The van der Waals surface area contributed by atoms with Gasteiger partial charge in [0, 0.05) is 12.1 Å². The number of nitro groups is 1. The van der Waals surface area contributed by atoms with E-state index in [2.05, 4.69) is 4.98 Å². The van der Waals surface area contributed by atoms with Gasteiger partial charge in [0.2, 0.25) is 11.6 Å². The molecule has 0 atom stereocenters. The van der Waals surface area contributed by atoms with Crippen molar-refractivity contribution >= 4 is 17.3 Å². The molecule has 0 unspecified atom stereocenters. The van der Waals surface area contributed by atoms with Crippen LogP contribution in [0.1, 0.15) is 11.1 Å². The first-order valence-electron chi connectivity index (χ1n) is 5.47. The molecule has 0 N–H and O–H groups in total. The lowest BCUT2D eigenvalue weighted by Gasteiger charge is -2.06. The Morgan fingerprint density at radius 3 is 2.52 bits per heavy atom. The van der Waals surface area contributed by atoms with Gasteiger partial charge in [-0.15, -0.1) is 0 Å². The van der Waals surface area contributed by atoms with Crippen LogP contribution in [-0.4, -0.2) is 9.91 Å². The number of pyridine rings is 1. The van der Waals surface area contributed by atoms with Crippen molar-refractivity contribution < 1.29 is 9.66 Å². The molecular formula is C13H5ClN4O3. The summed E-state index contributed by atoms with van der Waals surface area (Å²) in [6, 6.07) is 10.0. The maximum atomic E-state index is 11.0. The maximum absolute atomic E-state index is 11.0. The van der Waals surface area contributed by atoms with E-state index in [-0.39, 0.29) is 33.6 Å². The predicted molar refractivity (Wildman–Crippen MR) is 71.8 cm³/mol. The van der Waals surface area contributed by atoms with Crippen molar-refractivity contribution in [3.05, 3.63) is 56.7 Å². The van der Waals surface area contributed by atoms with Crippen LogP contribution in [0.4, 0.5) is 5.69 Å². The Morgan fingerprint density at radius 2 is 1.90 bits per heavy atom. The van der Waals surface area contributed by atoms with Crippen LogP contribution < -0.4 is 4.74 Å². The fourth-order valence-corrected chi connectivity index (χ4v) is 1.72. The number of nitrogens with zero attached hydrogens (tertiary/aromatic N) is 4. The fourth-order valence-electron chi connectivity index (χ4n) is 1.52. The van der Waals surface area contributed by atoms with Crippen molar-refractivity contribution in [2.75, 3.05) is 0 Å². The molecule has 8 heteroatoms. The molecule has 0 spiro atoms. The third-order valence-corrected chi connectivity index (χ3v) is 2.59. The molecule has 1 aromatic carbocycles. The zero-order valence-corrected chi connectivity index (χ0v) is 11.0. The molecule has 0 aliphatic heterocycles. The number of nitriles is 2. The first-order chi connectivity index (χ1) is 10.0. The maximum Gasteiger partial charge on any atom is 0.312 e. The topological polar surface area (TPSA) is 113 Å². The Bertz CT molecular complexity index is 808. The van der Waals surface area contributed by atoms with Crippen molar-refractivity contribution in [1.29, 1.82) is 10.5 Å². The number of nitro benzene ring substituents is 1. The second-order valence-corrected chi connectivity index (χ2v) is 4.17. The first-order valence-corrected chi connectivity index (χ1v) is 5.85. The van der Waals surface area contributed by atoms with E-state index in [1.54, 1.807) is 6.07 Å². The standard InChI is InChI=1S/C13H5ClN4O3/c14-12-4-9(7-16)5-13(17-12)21-11-2-1-8(6-15)3-10(11)18(19)20/h1-5H. The normalized spacial score (nSPS) is 9.48. The van der Waals surface area contributed by atoms with E-state index < -0.39 is 4.92 Å². The van der Waals surface area contributed by atoms with E-state index in [1.165, 1.54) is 24.3 Å². The molecule has 1 aromatic heterocycles. The Balaban J connectivity index is 2.45. The first kappa shape index (κ1) is 14.3. The molecule has 0 saturated carbocycles. The van der Waals surface area contributed by atoms with E-state index >= 15 is 0 Å². The molecule has 0 aliphatic carbocycles. The Kier molecular flexibility index (Phi) is 3.98. The van der Waals surface area contributed by atoms with Gasteiger partial charge in [0.1, 0.15) is 5.15 Å². The monoisotopic (exact) mass is 300 g/mol. The SMILES string of the molecule is N#Cc1cc(Cl)nc(Oc2ccc(C#N)cc2[N+](=O)[O-])c1. The molecule has 0 radical (unpaired) electrons. The largest absolute Gasteiger partial charge is 0.432 e. The molecule has 2 aromatic rings. The van der Waals surface area contributed by atoms with Gasteiger partial charge in [-0.3, -0.25) is 10.1 Å². The average molecular weight is 301 g/mol. The summed E-state index contributed by atoms with van der Waals surface area (Å²) in [7, 11) is 0. The quantitative estimate of drug-likeness (QED) is 0.488. The minimum absolute atomic E-state index is 0.0281. The fraction of sp³-hybridized carbons (Fsp3) is 0. The van der Waals surface area contributed by atoms with Gasteiger partial charge in [-0.05, 0) is 18.2 Å². The van der Waals surface area contributed by atoms with Gasteiger partial charge in [-0.25, -0.2) is 4.98 Å². The molecule has 7 nitrogen and oxygen atoms in total. The highest BCUT2D eigenvalue weighted by Crippen LogP contribution is 2.32. The lowest BCUT2D eigenvalue weighted by molar-refractivity contribution is -0.385. The molecule has 1 heterocycles. The van der Waals surface area contributed by atoms with Crippen LogP contribution in [0.15, 0.2) is 30.3 Å². The summed E-state index contributed by atoms with van der Waals surface area (Å²) in [5.41, 5.74) is -0.0403. The Hall–Kier alpha value is -3.16. The summed E-state index contributed by atoms with van der Waals surface area (Å²) in [5, 5.41) is 28.6. The van der Waals surface area contributed by atoms with Gasteiger partial charge in [-0.2, -0.15) is 10.5 Å². The number of rotatable bonds is 3. The minimum atomic E-state index is -0.675. The summed E-state index contributed by atoms with van der Waals surface area (Å²) in [4.78, 5) is 14.1. The third-order valence-electron chi connectivity index (χ3n) is 2.40. The van der Waals surface area contributed by atoms with Crippen LogP contribution >= 0.6 is 11.6 Å². The zero-order chi connectivity index (χ0) is 15.4. The highest BCUT2D eigenvalue weighted by Gasteiger charge is 2.17. The number of aromatic nitrogens is 1. The molecule has 102 valence electrons. The number of hydrogen-bond acceptors (Lipinski definition) is 6. The van der Waals surface area contributed by atoms with E-state index in [1.807, 2.05) is 6.07 Å². The smallest absolute Gasteiger partial charge is 0.312 e. The van der Waals surface area contributed by atoms with Gasteiger partial charge in [0.05, 0.1) is 28.2 Å². The van der Waals surface area contributed by atoms with E-state index in [9.17, 15) is 10.1 Å². The molecular weight excluding hydrogens is 296 g/mol. The predicted octanol–water partition coefficient (Wildman–Crippen LogP) is 3.18. The van der Waals surface area contributed by atoms with Crippen molar-refractivity contribution in [1.82, 2.24) is 4.98 Å².